The van der Waals surface area contributed by atoms with Crippen LogP contribution in [0.2, 0.25) is 0 Å². The molecule has 2 rings (SSSR count). The van der Waals surface area contributed by atoms with Crippen molar-refractivity contribution in [2.24, 2.45) is 0 Å². The van der Waals surface area contributed by atoms with Crippen molar-refractivity contribution in [2.75, 3.05) is 11.1 Å². The summed E-state index contributed by atoms with van der Waals surface area (Å²) < 4.78 is 13.4. The molecule has 20 heavy (non-hydrogen) atoms. The number of aryl methyl sites for hydroxylation is 1. The van der Waals surface area contributed by atoms with E-state index in [0.29, 0.717) is 23.1 Å². The maximum Gasteiger partial charge on any atom is 0.138 e. The molecule has 5 heteroatoms. The molecule has 0 aliphatic heterocycles. The van der Waals surface area contributed by atoms with Crippen molar-refractivity contribution in [3.63, 3.8) is 0 Å². The molecule has 4 nitrogen and oxygen atoms in total. The molecule has 0 spiro atoms. The molecular formula is C15H19FN4. The summed E-state index contributed by atoms with van der Waals surface area (Å²) in [6, 6.07) is 6.37. The highest BCUT2D eigenvalue weighted by Crippen LogP contribution is 2.23. The number of nitrogens with one attached hydrogen (secondary N) is 1. The van der Waals surface area contributed by atoms with E-state index in [-0.39, 0.29) is 11.2 Å². The maximum absolute atomic E-state index is 13.4. The third-order valence-corrected chi connectivity index (χ3v) is 2.73. The van der Waals surface area contributed by atoms with Crippen LogP contribution in [0.5, 0.6) is 0 Å². The van der Waals surface area contributed by atoms with Crippen LogP contribution in [0.1, 0.15) is 32.2 Å². The average molecular weight is 274 g/mol. The van der Waals surface area contributed by atoms with Crippen LogP contribution >= 0.6 is 0 Å². The monoisotopic (exact) mass is 274 g/mol. The quantitative estimate of drug-likeness (QED) is 0.879. The largest absolute Gasteiger partial charge is 0.384 e. The van der Waals surface area contributed by atoms with Gasteiger partial charge in [0.15, 0.2) is 0 Å². The molecule has 0 atom stereocenters. The van der Waals surface area contributed by atoms with E-state index in [4.69, 9.17) is 5.73 Å². The Hall–Kier alpha value is -2.17. The van der Waals surface area contributed by atoms with Gasteiger partial charge in [-0.15, -0.1) is 0 Å². The van der Waals surface area contributed by atoms with Crippen molar-refractivity contribution in [3.05, 3.63) is 41.5 Å². The Labute approximate surface area is 118 Å². The van der Waals surface area contributed by atoms with Crippen LogP contribution < -0.4 is 11.1 Å². The number of nitrogen functional groups attached to an aromatic ring is 1. The first-order valence-electron chi connectivity index (χ1n) is 6.43. The molecule has 0 aliphatic carbocycles. The number of anilines is 3. The fourth-order valence-corrected chi connectivity index (χ4v) is 1.82. The summed E-state index contributed by atoms with van der Waals surface area (Å²) in [5.74, 6) is 1.31. The van der Waals surface area contributed by atoms with Gasteiger partial charge in [0, 0.05) is 17.2 Å². The Morgan fingerprint density at radius 2 is 1.80 bits per heavy atom. The van der Waals surface area contributed by atoms with Crippen molar-refractivity contribution in [2.45, 2.75) is 33.1 Å². The van der Waals surface area contributed by atoms with Crippen LogP contribution in [0.25, 0.3) is 0 Å². The number of hydrogen-bond acceptors (Lipinski definition) is 4. The van der Waals surface area contributed by atoms with Crippen LogP contribution in [0.15, 0.2) is 24.3 Å². The molecule has 0 amide bonds. The third-order valence-electron chi connectivity index (χ3n) is 2.73. The second-order valence-corrected chi connectivity index (χ2v) is 5.89. The van der Waals surface area contributed by atoms with Gasteiger partial charge in [0.25, 0.3) is 0 Å². The van der Waals surface area contributed by atoms with Crippen LogP contribution in [0.4, 0.5) is 21.7 Å². The molecule has 0 saturated heterocycles. The predicted molar refractivity (Wildman–Crippen MR) is 79.6 cm³/mol. The standard InChI is InChI=1S/C15H19FN4/c1-9-5-10(16)7-11(6-9)18-13-8-12(17)19-14(20-13)15(2,3)4/h5-8H,1-4H3,(H3,17,18,19,20). The minimum atomic E-state index is -0.287. The number of benzene rings is 1. The summed E-state index contributed by atoms with van der Waals surface area (Å²) in [5.41, 5.74) is 7.08. The summed E-state index contributed by atoms with van der Waals surface area (Å²) in [5, 5.41) is 3.07. The number of hydrogen-bond donors (Lipinski definition) is 2. The smallest absolute Gasteiger partial charge is 0.138 e. The fourth-order valence-electron chi connectivity index (χ4n) is 1.82. The van der Waals surface area contributed by atoms with Gasteiger partial charge in [-0.25, -0.2) is 14.4 Å². The predicted octanol–water partition coefficient (Wildman–Crippen LogP) is 3.55. The Kier molecular flexibility index (Phi) is 3.61. The van der Waals surface area contributed by atoms with Crippen molar-refractivity contribution in [1.82, 2.24) is 9.97 Å². The Morgan fingerprint density at radius 3 is 2.40 bits per heavy atom. The van der Waals surface area contributed by atoms with Crippen molar-refractivity contribution in [1.29, 1.82) is 0 Å². The second-order valence-electron chi connectivity index (χ2n) is 5.89. The lowest BCUT2D eigenvalue weighted by Gasteiger charge is -2.18. The number of halogens is 1. The summed E-state index contributed by atoms with van der Waals surface area (Å²) in [7, 11) is 0. The second kappa shape index (κ2) is 5.07. The highest BCUT2D eigenvalue weighted by Gasteiger charge is 2.18. The summed E-state index contributed by atoms with van der Waals surface area (Å²) in [6.45, 7) is 7.87. The number of nitrogens with zero attached hydrogens (tertiary/aromatic N) is 2. The normalized spacial score (nSPS) is 11.4. The highest BCUT2D eigenvalue weighted by molar-refractivity contribution is 5.59. The van der Waals surface area contributed by atoms with Gasteiger partial charge in [0.1, 0.15) is 23.3 Å². The zero-order valence-electron chi connectivity index (χ0n) is 12.2. The van der Waals surface area contributed by atoms with Crippen LogP contribution in [0.3, 0.4) is 0 Å². The van der Waals surface area contributed by atoms with Gasteiger partial charge in [0.2, 0.25) is 0 Å². The van der Waals surface area contributed by atoms with E-state index in [1.165, 1.54) is 12.1 Å². The van der Waals surface area contributed by atoms with Crippen molar-refractivity contribution < 1.29 is 4.39 Å². The molecule has 3 N–H and O–H groups in total. The van der Waals surface area contributed by atoms with Crippen LogP contribution in [0, 0.1) is 12.7 Å². The van der Waals surface area contributed by atoms with Crippen LogP contribution in [-0.4, -0.2) is 9.97 Å². The topological polar surface area (TPSA) is 63.8 Å². The first kappa shape index (κ1) is 14.2. The molecule has 0 aliphatic rings. The molecule has 1 aromatic heterocycles. The molecule has 1 heterocycles. The van der Waals surface area contributed by atoms with Crippen molar-refractivity contribution >= 4 is 17.3 Å². The zero-order chi connectivity index (χ0) is 14.9. The minimum Gasteiger partial charge on any atom is -0.384 e. The van der Waals surface area contributed by atoms with Gasteiger partial charge in [-0.2, -0.15) is 0 Å². The summed E-state index contributed by atoms with van der Waals surface area (Å²) in [4.78, 5) is 8.67. The third kappa shape index (κ3) is 3.44. The first-order valence-corrected chi connectivity index (χ1v) is 6.43. The highest BCUT2D eigenvalue weighted by atomic mass is 19.1. The SMILES string of the molecule is Cc1cc(F)cc(Nc2cc(N)nc(C(C)(C)C)n2)c1. The van der Waals surface area contributed by atoms with Gasteiger partial charge >= 0.3 is 0 Å². The summed E-state index contributed by atoms with van der Waals surface area (Å²) >= 11 is 0. The molecule has 1 aromatic carbocycles. The van der Waals surface area contributed by atoms with E-state index in [9.17, 15) is 4.39 Å². The lowest BCUT2D eigenvalue weighted by atomic mass is 9.96. The van der Waals surface area contributed by atoms with Gasteiger partial charge in [-0.3, -0.25) is 0 Å². The molecule has 0 saturated carbocycles. The van der Waals surface area contributed by atoms with E-state index in [1.54, 1.807) is 6.07 Å². The summed E-state index contributed by atoms with van der Waals surface area (Å²) in [6.07, 6.45) is 0. The number of rotatable bonds is 2. The number of aromatic nitrogens is 2. The molecule has 0 radical (unpaired) electrons. The zero-order valence-corrected chi connectivity index (χ0v) is 12.2. The van der Waals surface area contributed by atoms with E-state index in [0.717, 1.165) is 5.56 Å². The van der Waals surface area contributed by atoms with E-state index in [1.807, 2.05) is 33.8 Å². The van der Waals surface area contributed by atoms with Gasteiger partial charge < -0.3 is 11.1 Å². The van der Waals surface area contributed by atoms with Gasteiger partial charge in [0.05, 0.1) is 0 Å². The molecule has 0 fully saturated rings. The lowest BCUT2D eigenvalue weighted by molar-refractivity contribution is 0.547. The first-order chi connectivity index (χ1) is 9.24. The molecule has 0 bridgehead atoms. The molecular weight excluding hydrogens is 255 g/mol. The van der Waals surface area contributed by atoms with E-state index >= 15 is 0 Å². The van der Waals surface area contributed by atoms with E-state index < -0.39 is 0 Å². The van der Waals surface area contributed by atoms with Crippen LogP contribution in [-0.2, 0) is 5.41 Å². The Bertz CT molecular complexity index is 612. The Balaban J connectivity index is 2.36. The maximum atomic E-state index is 13.4. The van der Waals surface area contributed by atoms with Gasteiger partial charge in [-0.05, 0) is 30.7 Å². The molecule has 0 unspecified atom stereocenters. The fraction of sp³-hybridized carbons (Fsp3) is 0.333. The van der Waals surface area contributed by atoms with Crippen molar-refractivity contribution in [3.8, 4) is 0 Å². The minimum absolute atomic E-state index is 0.205. The number of nitrogens with two attached hydrogens (primary N) is 1. The molecule has 106 valence electrons. The Morgan fingerprint density at radius 1 is 1.10 bits per heavy atom. The average Bonchev–Trinajstić information content (AvgIpc) is 2.25. The van der Waals surface area contributed by atoms with E-state index in [2.05, 4.69) is 15.3 Å². The molecule has 2 aromatic rings. The lowest BCUT2D eigenvalue weighted by Crippen LogP contribution is -2.17. The van der Waals surface area contributed by atoms with Gasteiger partial charge in [-0.1, -0.05) is 20.8 Å².